The summed E-state index contributed by atoms with van der Waals surface area (Å²) in [7, 11) is 0. The first-order valence-corrected chi connectivity index (χ1v) is 10.1. The van der Waals surface area contributed by atoms with Crippen molar-refractivity contribution in [1.29, 1.82) is 0 Å². The van der Waals surface area contributed by atoms with Gasteiger partial charge in [-0.25, -0.2) is 0 Å². The minimum atomic E-state index is -0.142. The molecule has 2 aromatic carbocycles. The van der Waals surface area contributed by atoms with Crippen LogP contribution in [-0.2, 0) is 6.54 Å². The number of halogens is 1. The van der Waals surface area contributed by atoms with E-state index in [0.717, 1.165) is 13.0 Å². The minimum absolute atomic E-state index is 0.142. The van der Waals surface area contributed by atoms with Gasteiger partial charge in [0.05, 0.1) is 0 Å². The van der Waals surface area contributed by atoms with Crippen LogP contribution in [0.3, 0.4) is 0 Å². The second-order valence-corrected chi connectivity index (χ2v) is 8.73. The monoisotopic (exact) mass is 431 g/mol. The molecule has 2 aromatic rings. The smallest absolute Gasteiger partial charge is 0.194 e. The number of fused-ring (bicyclic) bond motifs is 1. The number of aliphatic hydroxyl groups is 1. The first-order chi connectivity index (χ1) is 12.8. The molecule has 4 nitrogen and oxygen atoms in total. The molecule has 0 heterocycles. The van der Waals surface area contributed by atoms with E-state index < -0.39 is 0 Å². The van der Waals surface area contributed by atoms with E-state index in [4.69, 9.17) is 0 Å². The molecule has 5 heteroatoms. The van der Waals surface area contributed by atoms with Crippen LogP contribution in [0.2, 0.25) is 0 Å². The van der Waals surface area contributed by atoms with E-state index in [2.05, 4.69) is 102 Å². The summed E-state index contributed by atoms with van der Waals surface area (Å²) in [5.41, 5.74) is 2.47. The zero-order valence-corrected chi connectivity index (χ0v) is 18.3. The second kappa shape index (κ2) is 9.47. The van der Waals surface area contributed by atoms with Crippen LogP contribution in [-0.4, -0.2) is 34.6 Å². The van der Waals surface area contributed by atoms with E-state index in [-0.39, 0.29) is 12.0 Å². The van der Waals surface area contributed by atoms with E-state index in [1.165, 1.54) is 21.9 Å². The van der Waals surface area contributed by atoms with Gasteiger partial charge in [-0.3, -0.25) is 0 Å². The summed E-state index contributed by atoms with van der Waals surface area (Å²) in [5.74, 6) is 0.476. The summed E-state index contributed by atoms with van der Waals surface area (Å²) < 4.78 is 0.656. The number of rotatable bonds is 8. The molecular formula is C22H30BrN3O. The van der Waals surface area contributed by atoms with Gasteiger partial charge in [0.25, 0.3) is 0 Å². The molecular weight excluding hydrogens is 402 g/mol. The molecule has 0 spiro atoms. The van der Waals surface area contributed by atoms with E-state index >= 15 is 0 Å². The third-order valence-corrected chi connectivity index (χ3v) is 5.59. The number of benzene rings is 2. The van der Waals surface area contributed by atoms with Gasteiger partial charge in [-0.05, 0) is 55.6 Å². The highest BCUT2D eigenvalue weighted by Gasteiger charge is 2.20. The third kappa shape index (κ3) is 5.63. The zero-order chi connectivity index (χ0) is 20.0. The van der Waals surface area contributed by atoms with Crippen molar-refractivity contribution < 1.29 is 5.11 Å². The van der Waals surface area contributed by atoms with Gasteiger partial charge in [0.1, 0.15) is 0 Å². The molecule has 0 radical (unpaired) electrons. The average Bonchev–Trinajstić information content (AvgIpc) is 2.65. The lowest BCUT2D eigenvalue weighted by Crippen LogP contribution is -2.32. The zero-order valence-electron chi connectivity index (χ0n) is 16.7. The Balaban J connectivity index is 2.38. The molecule has 0 saturated heterocycles. The average molecular weight is 432 g/mol. The van der Waals surface area contributed by atoms with Gasteiger partial charge in [0.15, 0.2) is 4.74 Å². The van der Waals surface area contributed by atoms with Crippen molar-refractivity contribution in [2.75, 3.05) is 13.2 Å². The Morgan fingerprint density at radius 1 is 1.19 bits per heavy atom. The Kier molecular flexibility index (Phi) is 7.57. The lowest BCUT2D eigenvalue weighted by atomic mass is 9.90. The van der Waals surface area contributed by atoms with Gasteiger partial charge in [0, 0.05) is 26.4 Å². The number of hydrogen-bond acceptors (Lipinski definition) is 3. The van der Waals surface area contributed by atoms with Crippen LogP contribution in [0.15, 0.2) is 46.6 Å². The topological polar surface area (TPSA) is 48.2 Å². The first kappa shape index (κ1) is 21.6. The third-order valence-electron chi connectivity index (χ3n) is 4.93. The molecule has 0 aromatic heterocycles. The highest BCUT2D eigenvalue weighted by molar-refractivity contribution is 9.18. The number of nitrogens with zero attached hydrogens (tertiary/aromatic N) is 3. The minimum Gasteiger partial charge on any atom is -0.396 e. The van der Waals surface area contributed by atoms with Crippen LogP contribution in [0.25, 0.3) is 10.8 Å². The van der Waals surface area contributed by atoms with E-state index in [0.29, 0.717) is 17.2 Å². The van der Waals surface area contributed by atoms with Crippen LogP contribution in [0.5, 0.6) is 0 Å². The molecule has 0 bridgehead atoms. The largest absolute Gasteiger partial charge is 0.396 e. The first-order valence-electron chi connectivity index (χ1n) is 9.34. The Bertz CT molecular complexity index is 814. The van der Waals surface area contributed by atoms with Crippen molar-refractivity contribution in [3.63, 3.8) is 0 Å². The predicted molar refractivity (Wildman–Crippen MR) is 120 cm³/mol. The van der Waals surface area contributed by atoms with E-state index in [1.54, 1.807) is 0 Å². The quantitative estimate of drug-likeness (QED) is 0.258. The van der Waals surface area contributed by atoms with Crippen molar-refractivity contribution in [2.45, 2.75) is 46.6 Å². The summed E-state index contributed by atoms with van der Waals surface area (Å²) in [6.07, 6.45) is 0.841. The van der Waals surface area contributed by atoms with Gasteiger partial charge in [0.2, 0.25) is 0 Å². The summed E-state index contributed by atoms with van der Waals surface area (Å²) in [4.78, 5) is 2.14. The molecule has 146 valence electrons. The van der Waals surface area contributed by atoms with Crippen molar-refractivity contribution in [3.05, 3.63) is 47.5 Å². The standard InChI is InChI=1S/C22H30BrN3O/c1-16(2)18-11-10-17(19-8-6-7-9-20(18)19)14-26(21(23)25-24-5)13-12-22(3,4)15-27/h6-11,16,27H,5,12-15H2,1-4H3/b25-21-. The van der Waals surface area contributed by atoms with Gasteiger partial charge in [-0.1, -0.05) is 64.1 Å². The fraction of sp³-hybridized carbons (Fsp3) is 0.455. The molecule has 0 atom stereocenters. The van der Waals surface area contributed by atoms with Gasteiger partial charge < -0.3 is 10.0 Å². The molecule has 0 aliphatic carbocycles. The van der Waals surface area contributed by atoms with Crippen LogP contribution in [0.4, 0.5) is 0 Å². The molecule has 0 unspecified atom stereocenters. The van der Waals surface area contributed by atoms with Crippen molar-refractivity contribution in [3.8, 4) is 0 Å². The molecule has 2 rings (SSSR count). The van der Waals surface area contributed by atoms with Gasteiger partial charge in [-0.15, -0.1) is 5.10 Å². The van der Waals surface area contributed by atoms with Crippen LogP contribution in [0.1, 0.15) is 51.2 Å². The second-order valence-electron chi connectivity index (χ2n) is 8.02. The maximum Gasteiger partial charge on any atom is 0.194 e. The summed E-state index contributed by atoms with van der Waals surface area (Å²) >= 11 is 3.53. The maximum atomic E-state index is 9.57. The lowest BCUT2D eigenvalue weighted by molar-refractivity contribution is 0.141. The summed E-state index contributed by atoms with van der Waals surface area (Å²) in [5, 5.41) is 19.9. The molecule has 0 fully saturated rings. The molecule has 0 aliphatic heterocycles. The van der Waals surface area contributed by atoms with Crippen LogP contribution >= 0.6 is 15.9 Å². The van der Waals surface area contributed by atoms with Gasteiger partial charge >= 0.3 is 0 Å². The number of hydrogen-bond donors (Lipinski definition) is 1. The normalized spacial score (nSPS) is 12.6. The lowest BCUT2D eigenvalue weighted by Gasteiger charge is -2.29. The van der Waals surface area contributed by atoms with Crippen LogP contribution < -0.4 is 0 Å². The van der Waals surface area contributed by atoms with E-state index in [9.17, 15) is 5.11 Å². The Labute approximate surface area is 171 Å². The van der Waals surface area contributed by atoms with Crippen molar-refractivity contribution in [1.82, 2.24) is 4.90 Å². The fourth-order valence-corrected chi connectivity index (χ4v) is 3.52. The SMILES string of the molecule is C=N/N=C(/Br)N(CCC(C)(C)CO)Cc1ccc(C(C)C)c2ccccc12. The maximum absolute atomic E-state index is 9.57. The Morgan fingerprint density at radius 3 is 2.44 bits per heavy atom. The van der Waals surface area contributed by atoms with E-state index in [1.807, 2.05) is 0 Å². The van der Waals surface area contributed by atoms with Crippen LogP contribution in [0, 0.1) is 5.41 Å². The van der Waals surface area contributed by atoms with Crippen molar-refractivity contribution in [2.24, 2.45) is 15.6 Å². The molecule has 0 amide bonds. The predicted octanol–water partition coefficient (Wildman–Crippen LogP) is 5.54. The molecule has 1 N–H and O–H groups in total. The number of amidine groups is 1. The van der Waals surface area contributed by atoms with Gasteiger partial charge in [-0.2, -0.15) is 5.10 Å². The highest BCUT2D eigenvalue weighted by atomic mass is 79.9. The fourth-order valence-electron chi connectivity index (χ4n) is 3.11. The van der Waals surface area contributed by atoms with Crippen molar-refractivity contribution >= 4 is 38.2 Å². The molecule has 27 heavy (non-hydrogen) atoms. The highest BCUT2D eigenvalue weighted by Crippen LogP contribution is 2.29. The number of aliphatic hydroxyl groups excluding tert-OH is 1. The molecule has 0 saturated carbocycles. The molecule has 0 aliphatic rings. The Hall–Kier alpha value is -1.72. The Morgan fingerprint density at radius 2 is 1.85 bits per heavy atom. The summed E-state index contributed by atoms with van der Waals surface area (Å²) in [6.45, 7) is 13.7. The summed E-state index contributed by atoms with van der Waals surface area (Å²) in [6, 6.07) is 13.0.